The zero-order chi connectivity index (χ0) is 37.1. The second kappa shape index (κ2) is 11.9. The third-order valence-electron chi connectivity index (χ3n) is 12.9. The third kappa shape index (κ3) is 4.41. The van der Waals surface area contributed by atoms with Crippen LogP contribution >= 0.6 is 11.3 Å². The van der Waals surface area contributed by atoms with E-state index in [0.29, 0.717) is 0 Å². The summed E-state index contributed by atoms with van der Waals surface area (Å²) in [5, 5.41) is 13.3. The summed E-state index contributed by atoms with van der Waals surface area (Å²) >= 11 is 1.92. The highest BCUT2D eigenvalue weighted by Crippen LogP contribution is 2.54. The van der Waals surface area contributed by atoms with E-state index in [1.165, 1.54) is 119 Å². The van der Waals surface area contributed by atoms with Crippen LogP contribution in [0, 0.1) is 0 Å². The lowest BCUT2D eigenvalue weighted by Crippen LogP contribution is -2.31. The van der Waals surface area contributed by atoms with Gasteiger partial charge in [0, 0.05) is 25.6 Å². The van der Waals surface area contributed by atoms with Crippen LogP contribution in [-0.4, -0.2) is 0 Å². The van der Waals surface area contributed by atoms with Gasteiger partial charge in [0.25, 0.3) is 0 Å². The van der Waals surface area contributed by atoms with E-state index in [0.717, 1.165) is 12.8 Å². The predicted octanol–water partition coefficient (Wildman–Crippen LogP) is 14.2. The van der Waals surface area contributed by atoms with E-state index >= 15 is 0 Å². The standard InChI is InChI=1S/C55H38S/c1-55(2)49-26-14-12-20-37(49)47-31-46(44-30-45-38-21-13-15-27-50(38)56-51(45)32-48(44)54(47)55)53-41-24-10-8-22-39(41)52(40-23-9-11-25-42(40)53)43-29-28-34(33-16-4-3-5-17-33)35-18-6-7-19-36(35)43/h3-8,10,12-32H,9,11H2,1-2H3. The number of benzene rings is 9. The first-order chi connectivity index (χ1) is 27.6. The van der Waals surface area contributed by atoms with E-state index in [4.69, 9.17) is 0 Å². The van der Waals surface area contributed by atoms with Gasteiger partial charge in [-0.3, -0.25) is 0 Å². The summed E-state index contributed by atoms with van der Waals surface area (Å²) in [5.41, 5.74) is 13.3. The lowest BCUT2D eigenvalue weighted by atomic mass is 9.78. The second-order valence-electron chi connectivity index (χ2n) is 16.2. The van der Waals surface area contributed by atoms with E-state index in [2.05, 4.69) is 184 Å². The number of thiophene rings is 1. The molecule has 0 unspecified atom stereocenters. The number of rotatable bonds is 3. The van der Waals surface area contributed by atoms with E-state index < -0.39 is 0 Å². The highest BCUT2D eigenvalue weighted by molar-refractivity contribution is 7.25. The molecule has 264 valence electrons. The first-order valence-electron chi connectivity index (χ1n) is 19.9. The van der Waals surface area contributed by atoms with Gasteiger partial charge in [-0.1, -0.05) is 159 Å². The van der Waals surface area contributed by atoms with Crippen molar-refractivity contribution in [2.45, 2.75) is 32.1 Å². The monoisotopic (exact) mass is 730 g/mol. The van der Waals surface area contributed by atoms with Gasteiger partial charge in [0.1, 0.15) is 0 Å². The van der Waals surface area contributed by atoms with Gasteiger partial charge >= 0.3 is 0 Å². The first-order valence-corrected chi connectivity index (χ1v) is 20.7. The molecule has 0 nitrogen and oxygen atoms in total. The molecule has 1 heteroatoms. The lowest BCUT2D eigenvalue weighted by Gasteiger charge is -2.25. The summed E-state index contributed by atoms with van der Waals surface area (Å²) in [6.45, 7) is 4.85. The Bertz CT molecular complexity index is 3430. The van der Waals surface area contributed by atoms with Crippen LogP contribution in [0.15, 0.2) is 158 Å². The predicted molar refractivity (Wildman–Crippen MR) is 243 cm³/mol. The maximum absolute atomic E-state index is 2.57. The van der Waals surface area contributed by atoms with Crippen molar-refractivity contribution in [1.82, 2.24) is 0 Å². The van der Waals surface area contributed by atoms with E-state index in [-0.39, 0.29) is 5.41 Å². The van der Waals surface area contributed by atoms with Crippen LogP contribution < -0.4 is 10.4 Å². The van der Waals surface area contributed by atoms with Crippen molar-refractivity contribution in [2.75, 3.05) is 0 Å². The smallest absolute Gasteiger partial charge is 0.0361 e. The molecule has 56 heavy (non-hydrogen) atoms. The molecule has 0 spiro atoms. The lowest BCUT2D eigenvalue weighted by molar-refractivity contribution is 0.666. The topological polar surface area (TPSA) is 0 Å². The van der Waals surface area contributed by atoms with Crippen molar-refractivity contribution < 1.29 is 0 Å². The van der Waals surface area contributed by atoms with Crippen molar-refractivity contribution in [2.24, 2.45) is 0 Å². The van der Waals surface area contributed by atoms with Crippen LogP contribution in [0.25, 0.3) is 109 Å². The number of fused-ring (bicyclic) bond motifs is 11. The maximum Gasteiger partial charge on any atom is 0.0361 e. The summed E-state index contributed by atoms with van der Waals surface area (Å²) < 4.78 is 2.71. The molecule has 9 aromatic carbocycles. The zero-order valence-corrected chi connectivity index (χ0v) is 32.3. The minimum Gasteiger partial charge on any atom is -0.135 e. The molecule has 0 saturated heterocycles. The number of hydrogen-bond donors (Lipinski definition) is 0. The Kier molecular flexibility index (Phi) is 6.78. The van der Waals surface area contributed by atoms with Crippen LogP contribution in [0.3, 0.4) is 0 Å². The fourth-order valence-electron chi connectivity index (χ4n) is 10.5. The molecule has 0 bridgehead atoms. The summed E-state index contributed by atoms with van der Waals surface area (Å²) in [6.07, 6.45) is 7.13. The molecule has 2 aliphatic rings. The summed E-state index contributed by atoms with van der Waals surface area (Å²) in [6, 6.07) is 59.5. The molecule has 1 aromatic heterocycles. The molecule has 0 atom stereocenters. The highest BCUT2D eigenvalue weighted by atomic mass is 32.1. The van der Waals surface area contributed by atoms with Crippen molar-refractivity contribution in [1.29, 1.82) is 0 Å². The Balaban J connectivity index is 1.23. The Morgan fingerprint density at radius 1 is 0.393 bits per heavy atom. The Morgan fingerprint density at radius 2 is 0.982 bits per heavy atom. The van der Waals surface area contributed by atoms with Gasteiger partial charge in [0.2, 0.25) is 0 Å². The van der Waals surface area contributed by atoms with Gasteiger partial charge in [-0.05, 0) is 135 Å². The molecule has 10 aromatic rings. The number of hydrogen-bond acceptors (Lipinski definition) is 1. The molecule has 0 radical (unpaired) electrons. The molecule has 0 saturated carbocycles. The van der Waals surface area contributed by atoms with Crippen LogP contribution in [0.4, 0.5) is 0 Å². The molecule has 0 amide bonds. The highest BCUT2D eigenvalue weighted by Gasteiger charge is 2.38. The van der Waals surface area contributed by atoms with Crippen molar-refractivity contribution >= 4 is 76.0 Å². The van der Waals surface area contributed by atoms with E-state index in [1.807, 2.05) is 11.3 Å². The SMILES string of the molecule is CC1(C)c2ccccc2-c2cc(-c3c4c(c(-c5ccc(-c6ccccc6)c6ccccc56)c5ccccc35)=CCCC=4)c3cc4c(cc3c21)sc1ccccc14. The van der Waals surface area contributed by atoms with Gasteiger partial charge in [0.05, 0.1) is 0 Å². The van der Waals surface area contributed by atoms with Gasteiger partial charge in [0.15, 0.2) is 0 Å². The largest absolute Gasteiger partial charge is 0.135 e. The van der Waals surface area contributed by atoms with E-state index in [9.17, 15) is 0 Å². The third-order valence-corrected chi connectivity index (χ3v) is 14.0. The molecule has 0 aliphatic heterocycles. The normalized spacial score (nSPS) is 14.2. The van der Waals surface area contributed by atoms with Crippen LogP contribution in [-0.2, 0) is 5.41 Å². The summed E-state index contributed by atoms with van der Waals surface area (Å²) in [7, 11) is 0. The van der Waals surface area contributed by atoms with Crippen LogP contribution in [0.1, 0.15) is 37.8 Å². The van der Waals surface area contributed by atoms with Crippen LogP contribution in [0.5, 0.6) is 0 Å². The molecule has 1 heterocycles. The second-order valence-corrected chi connectivity index (χ2v) is 17.3. The van der Waals surface area contributed by atoms with Crippen LogP contribution in [0.2, 0.25) is 0 Å². The van der Waals surface area contributed by atoms with Gasteiger partial charge < -0.3 is 0 Å². The van der Waals surface area contributed by atoms with Gasteiger partial charge in [-0.2, -0.15) is 0 Å². The van der Waals surface area contributed by atoms with Gasteiger partial charge in [-0.25, -0.2) is 0 Å². The minimum absolute atomic E-state index is 0.120. The molecule has 2 aliphatic carbocycles. The fraction of sp³-hybridized carbons (Fsp3) is 0.0909. The summed E-state index contributed by atoms with van der Waals surface area (Å²) in [5.74, 6) is 0. The molecular formula is C55H38S. The van der Waals surface area contributed by atoms with Crippen molar-refractivity contribution in [3.63, 3.8) is 0 Å². The fourth-order valence-corrected chi connectivity index (χ4v) is 11.6. The zero-order valence-electron chi connectivity index (χ0n) is 31.5. The molecule has 0 fully saturated rings. The quantitative estimate of drug-likeness (QED) is 0.170. The van der Waals surface area contributed by atoms with Gasteiger partial charge in [-0.15, -0.1) is 11.3 Å². The van der Waals surface area contributed by atoms with E-state index in [1.54, 1.807) is 0 Å². The Labute approximate surface area is 330 Å². The average molecular weight is 731 g/mol. The maximum atomic E-state index is 2.57. The Hall–Kier alpha value is -6.28. The molecule has 0 N–H and O–H groups in total. The summed E-state index contributed by atoms with van der Waals surface area (Å²) in [4.78, 5) is 0. The molecular weight excluding hydrogens is 693 g/mol. The first kappa shape index (κ1) is 32.0. The average Bonchev–Trinajstić information content (AvgIpc) is 3.72. The van der Waals surface area contributed by atoms with Crippen molar-refractivity contribution in [3.05, 3.63) is 179 Å². The van der Waals surface area contributed by atoms with Crippen molar-refractivity contribution in [3.8, 4) is 44.5 Å². The Morgan fingerprint density at radius 3 is 1.73 bits per heavy atom. The minimum atomic E-state index is -0.120. The molecule has 12 rings (SSSR count).